The molecule has 0 saturated heterocycles. The molecule has 1 fully saturated rings. The minimum Gasteiger partial charge on any atom is -0.490 e. The van der Waals surface area contributed by atoms with Crippen molar-refractivity contribution in [2.75, 3.05) is 6.61 Å². The molecule has 3 rings (SSSR count). The minimum absolute atomic E-state index is 0.173. The highest BCUT2D eigenvalue weighted by Gasteiger charge is 2.21. The van der Waals surface area contributed by atoms with E-state index in [4.69, 9.17) is 9.47 Å². The lowest BCUT2D eigenvalue weighted by Gasteiger charge is -2.26. The summed E-state index contributed by atoms with van der Waals surface area (Å²) < 4.78 is 40.2. The van der Waals surface area contributed by atoms with Crippen LogP contribution in [0.4, 0.5) is 8.78 Å². The Kier molecular flexibility index (Phi) is 17.9. The third kappa shape index (κ3) is 14.1. The number of aryl methyl sites for hydroxylation is 1. The van der Waals surface area contributed by atoms with Crippen molar-refractivity contribution in [1.82, 2.24) is 0 Å². The molecule has 0 spiro atoms. The van der Waals surface area contributed by atoms with E-state index in [0.717, 1.165) is 43.6 Å². The van der Waals surface area contributed by atoms with E-state index >= 15 is 0 Å². The second-order valence-corrected chi connectivity index (χ2v) is 13.0. The predicted octanol–water partition coefficient (Wildman–Crippen LogP) is 12.4. The van der Waals surface area contributed by atoms with E-state index in [2.05, 4.69) is 26.0 Å². The molecule has 1 aliphatic rings. The van der Waals surface area contributed by atoms with Crippen molar-refractivity contribution in [3.05, 3.63) is 71.3 Å². The Morgan fingerprint density at radius 3 is 2.04 bits per heavy atom. The van der Waals surface area contributed by atoms with Gasteiger partial charge in [-0.3, -0.25) is 0 Å². The van der Waals surface area contributed by atoms with Crippen LogP contribution < -0.4 is 9.47 Å². The number of hydrogen-bond donors (Lipinski definition) is 0. The number of esters is 1. The van der Waals surface area contributed by atoms with Crippen molar-refractivity contribution in [3.63, 3.8) is 0 Å². The molecule has 0 heterocycles. The van der Waals surface area contributed by atoms with E-state index in [0.29, 0.717) is 18.3 Å². The third-order valence-electron chi connectivity index (χ3n) is 9.27. The van der Waals surface area contributed by atoms with Gasteiger partial charge in [0.15, 0.2) is 11.6 Å². The van der Waals surface area contributed by atoms with Crippen LogP contribution in [-0.4, -0.2) is 12.6 Å². The van der Waals surface area contributed by atoms with Crippen LogP contribution >= 0.6 is 0 Å². The Morgan fingerprint density at radius 2 is 1.38 bits per heavy atom. The van der Waals surface area contributed by atoms with Gasteiger partial charge in [-0.15, -0.1) is 0 Å². The van der Waals surface area contributed by atoms with Crippen LogP contribution in [0.25, 0.3) is 0 Å². The standard InChI is InChI=1S/C40H58F2O3/c1-3-5-7-8-9-10-11-12-13-17-31-44-37-30-29-36(38(41)39(37)42)40(43)45-35-27-25-34(26-28-35)20-16-15-19-33-23-21-32(22-24-33)18-14-6-4-2/h15,19,25-30,32-33H,3-14,16-18,20-24,31H2,1-2H3. The number of rotatable bonds is 22. The molecule has 0 unspecified atom stereocenters. The summed E-state index contributed by atoms with van der Waals surface area (Å²) >= 11 is 0. The molecule has 0 radical (unpaired) electrons. The molecule has 0 N–H and O–H groups in total. The van der Waals surface area contributed by atoms with Crippen molar-refractivity contribution in [2.45, 2.75) is 142 Å². The molecule has 2 aromatic carbocycles. The Balaban J connectivity index is 1.33. The highest BCUT2D eigenvalue weighted by molar-refractivity contribution is 5.91. The lowest BCUT2D eigenvalue weighted by Crippen LogP contribution is -2.13. The second-order valence-electron chi connectivity index (χ2n) is 13.0. The highest BCUT2D eigenvalue weighted by Crippen LogP contribution is 2.33. The molecule has 0 bridgehead atoms. The van der Waals surface area contributed by atoms with E-state index in [-0.39, 0.29) is 5.75 Å². The molecular formula is C40H58F2O3. The summed E-state index contributed by atoms with van der Waals surface area (Å²) in [7, 11) is 0. The maximum Gasteiger partial charge on any atom is 0.346 e. The summed E-state index contributed by atoms with van der Waals surface area (Å²) in [5.74, 6) is -1.55. The van der Waals surface area contributed by atoms with Crippen molar-refractivity contribution < 1.29 is 23.0 Å². The summed E-state index contributed by atoms with van der Waals surface area (Å²) in [5, 5.41) is 0. The number of carbonyl (C=O) groups is 1. The Labute approximate surface area is 272 Å². The SMILES string of the molecule is CCCCCCCCCCCCOc1ccc(C(=O)Oc2ccc(CCC=CC3CCC(CCCCC)CC3)cc2)c(F)c1F. The topological polar surface area (TPSA) is 35.5 Å². The van der Waals surface area contributed by atoms with Gasteiger partial charge in [0.1, 0.15) is 5.75 Å². The molecule has 0 amide bonds. The van der Waals surface area contributed by atoms with Crippen LogP contribution in [-0.2, 0) is 6.42 Å². The first-order chi connectivity index (χ1) is 22.0. The van der Waals surface area contributed by atoms with Crippen molar-refractivity contribution in [3.8, 4) is 11.5 Å². The van der Waals surface area contributed by atoms with Crippen molar-refractivity contribution in [2.24, 2.45) is 11.8 Å². The smallest absolute Gasteiger partial charge is 0.346 e. The van der Waals surface area contributed by atoms with E-state index in [1.54, 1.807) is 12.1 Å². The number of ether oxygens (including phenoxy) is 2. The quantitative estimate of drug-likeness (QED) is 0.0566. The lowest BCUT2D eigenvalue weighted by molar-refractivity contribution is 0.0728. The van der Waals surface area contributed by atoms with E-state index in [1.807, 2.05) is 12.1 Å². The molecule has 5 heteroatoms. The third-order valence-corrected chi connectivity index (χ3v) is 9.27. The van der Waals surface area contributed by atoms with Crippen LogP contribution in [0.3, 0.4) is 0 Å². The number of allylic oxidation sites excluding steroid dienone is 2. The summed E-state index contributed by atoms with van der Waals surface area (Å²) in [4.78, 5) is 12.6. The fourth-order valence-electron chi connectivity index (χ4n) is 6.35. The van der Waals surface area contributed by atoms with Crippen molar-refractivity contribution in [1.29, 1.82) is 0 Å². The molecule has 1 saturated carbocycles. The van der Waals surface area contributed by atoms with Crippen LogP contribution in [0.2, 0.25) is 0 Å². The maximum atomic E-state index is 14.7. The largest absolute Gasteiger partial charge is 0.490 e. The first-order valence-corrected chi connectivity index (χ1v) is 18.1. The normalized spacial score (nSPS) is 16.7. The molecule has 1 aliphatic carbocycles. The van der Waals surface area contributed by atoms with Gasteiger partial charge in [-0.2, -0.15) is 4.39 Å². The predicted molar refractivity (Wildman–Crippen MR) is 182 cm³/mol. The molecule has 2 aromatic rings. The molecule has 45 heavy (non-hydrogen) atoms. The zero-order valence-electron chi connectivity index (χ0n) is 28.1. The summed E-state index contributed by atoms with van der Waals surface area (Å²) in [6, 6.07) is 9.78. The second kappa shape index (κ2) is 21.9. The van der Waals surface area contributed by atoms with Crippen LogP contribution in [0, 0.1) is 23.5 Å². The Hall–Kier alpha value is -2.69. The first kappa shape index (κ1) is 36.8. The molecule has 0 aromatic heterocycles. The Morgan fingerprint density at radius 1 is 0.756 bits per heavy atom. The zero-order chi connectivity index (χ0) is 32.1. The van der Waals surface area contributed by atoms with E-state index in [1.165, 1.54) is 108 Å². The summed E-state index contributed by atoms with van der Waals surface area (Å²) in [5.41, 5.74) is 0.697. The number of halogens is 2. The highest BCUT2D eigenvalue weighted by atomic mass is 19.2. The van der Waals surface area contributed by atoms with Gasteiger partial charge in [0, 0.05) is 0 Å². The van der Waals surface area contributed by atoms with Crippen LogP contribution in [0.1, 0.15) is 152 Å². The molecule has 3 nitrogen and oxygen atoms in total. The number of carbonyl (C=O) groups excluding carboxylic acids is 1. The minimum atomic E-state index is -1.24. The summed E-state index contributed by atoms with van der Waals surface area (Å²) in [6.45, 7) is 4.82. The lowest BCUT2D eigenvalue weighted by atomic mass is 9.79. The monoisotopic (exact) mass is 624 g/mol. The van der Waals surface area contributed by atoms with Gasteiger partial charge in [-0.25, -0.2) is 9.18 Å². The van der Waals surface area contributed by atoms with Gasteiger partial charge in [0.2, 0.25) is 5.82 Å². The van der Waals surface area contributed by atoms with E-state index in [9.17, 15) is 13.6 Å². The van der Waals surface area contributed by atoms with Gasteiger partial charge in [0.05, 0.1) is 12.2 Å². The molecule has 0 atom stereocenters. The first-order valence-electron chi connectivity index (χ1n) is 18.1. The maximum absolute atomic E-state index is 14.7. The average Bonchev–Trinajstić information content (AvgIpc) is 3.05. The van der Waals surface area contributed by atoms with Gasteiger partial charge < -0.3 is 9.47 Å². The van der Waals surface area contributed by atoms with Crippen LogP contribution in [0.5, 0.6) is 11.5 Å². The number of unbranched alkanes of at least 4 members (excludes halogenated alkanes) is 11. The summed E-state index contributed by atoms with van der Waals surface area (Å²) in [6.07, 6.45) is 29.3. The fourth-order valence-corrected chi connectivity index (χ4v) is 6.35. The van der Waals surface area contributed by atoms with E-state index < -0.39 is 23.2 Å². The zero-order valence-corrected chi connectivity index (χ0v) is 28.1. The number of benzene rings is 2. The molecule has 250 valence electrons. The Bertz CT molecular complexity index is 1120. The number of hydrogen-bond acceptors (Lipinski definition) is 3. The molecule has 0 aliphatic heterocycles. The van der Waals surface area contributed by atoms with Gasteiger partial charge in [-0.1, -0.05) is 122 Å². The fraction of sp³-hybridized carbons (Fsp3) is 0.625. The molecular weight excluding hydrogens is 566 g/mol. The van der Waals surface area contributed by atoms with Crippen LogP contribution in [0.15, 0.2) is 48.6 Å². The van der Waals surface area contributed by atoms with Gasteiger partial charge in [0.25, 0.3) is 0 Å². The van der Waals surface area contributed by atoms with Gasteiger partial charge in [-0.05, 0) is 86.6 Å². The van der Waals surface area contributed by atoms with Crippen molar-refractivity contribution >= 4 is 5.97 Å². The average molecular weight is 625 g/mol. The van der Waals surface area contributed by atoms with Gasteiger partial charge >= 0.3 is 5.97 Å².